The number of pyridine rings is 1. The molecule has 0 fully saturated rings. The molecule has 1 aromatic carbocycles. The van der Waals surface area contributed by atoms with E-state index < -0.39 is 5.91 Å². The summed E-state index contributed by atoms with van der Waals surface area (Å²) in [5.41, 5.74) is 2.19. The van der Waals surface area contributed by atoms with Crippen LogP contribution >= 0.6 is 12.3 Å². The first-order valence-corrected chi connectivity index (χ1v) is 8.28. The van der Waals surface area contributed by atoms with Crippen LogP contribution in [0.15, 0.2) is 42.6 Å². The summed E-state index contributed by atoms with van der Waals surface area (Å²) >= 11 is -0.174. The van der Waals surface area contributed by atoms with Crippen molar-refractivity contribution >= 4 is 30.3 Å². The van der Waals surface area contributed by atoms with Crippen LogP contribution in [0.3, 0.4) is 0 Å². The normalized spacial score (nSPS) is 9.76. The van der Waals surface area contributed by atoms with Crippen LogP contribution in [-0.4, -0.2) is 31.4 Å². The van der Waals surface area contributed by atoms with E-state index in [1.807, 2.05) is 13.0 Å². The average molecular weight is 364 g/mol. The zero-order valence-electron chi connectivity index (χ0n) is 14.4. The first-order chi connectivity index (χ1) is 12.1. The van der Waals surface area contributed by atoms with Crippen LogP contribution in [0.25, 0.3) is 0 Å². The number of carbonyl (C=O) groups is 2. The zero-order chi connectivity index (χ0) is 18.7. The van der Waals surface area contributed by atoms with Crippen molar-refractivity contribution in [1.29, 1.82) is 0 Å². The van der Waals surface area contributed by atoms with Crippen molar-refractivity contribution in [2.75, 3.05) is 18.5 Å². The number of rotatable bonds is 6. The van der Waals surface area contributed by atoms with Crippen molar-refractivity contribution in [3.05, 3.63) is 59.3 Å². The van der Waals surface area contributed by atoms with Gasteiger partial charge >= 0.3 is 0 Å². The van der Waals surface area contributed by atoms with Gasteiger partial charge in [0.05, 0.1) is 6.42 Å². The van der Waals surface area contributed by atoms with Crippen LogP contribution in [0.1, 0.15) is 28.4 Å². The molecule has 0 spiro atoms. The van der Waals surface area contributed by atoms with Crippen molar-refractivity contribution in [2.24, 2.45) is 0 Å². The van der Waals surface area contributed by atoms with E-state index in [0.29, 0.717) is 5.56 Å². The lowest BCUT2D eigenvalue weighted by molar-refractivity contribution is -0.116. The highest BCUT2D eigenvalue weighted by Crippen LogP contribution is 2.23. The maximum atomic E-state index is 13.1. The van der Waals surface area contributed by atoms with Crippen molar-refractivity contribution in [3.8, 4) is 0 Å². The summed E-state index contributed by atoms with van der Waals surface area (Å²) in [5, 5.41) is 0. The number of ether oxygens (including phenoxy) is 1. The maximum Gasteiger partial charge on any atom is 0.244 e. The van der Waals surface area contributed by atoms with Crippen LogP contribution < -0.4 is 4.31 Å². The van der Waals surface area contributed by atoms with Crippen LogP contribution in [0.5, 0.6) is 0 Å². The molecular weight excluding hydrogens is 343 g/mol. The number of anilines is 1. The number of aromatic nitrogens is 1. The summed E-state index contributed by atoms with van der Waals surface area (Å²) in [4.78, 5) is 27.2. The number of benzene rings is 1. The van der Waals surface area contributed by atoms with Crippen LogP contribution in [-0.2, 0) is 22.4 Å². The number of hydrogen-bond acceptors (Lipinski definition) is 5. The zero-order valence-corrected chi connectivity index (χ0v) is 15.3. The first kappa shape index (κ1) is 20.8. The highest BCUT2D eigenvalue weighted by molar-refractivity contribution is 7.96. The minimum Gasteiger partial charge on any atom is -0.388 e. The number of carbonyl (C=O) groups excluding carboxylic acids is 2. The molecular formula is C18H21FN2O3S. The Hall–Kier alpha value is -2.25. The number of hydrogen-bond donors (Lipinski definition) is 0. The number of methoxy groups -OCH3 is 1. The van der Waals surface area contributed by atoms with E-state index in [-0.39, 0.29) is 24.6 Å². The highest BCUT2D eigenvalue weighted by Gasteiger charge is 2.19. The minimum atomic E-state index is -0.427. The fourth-order valence-corrected chi connectivity index (χ4v) is 2.46. The van der Waals surface area contributed by atoms with Gasteiger partial charge in [-0.3, -0.25) is 9.59 Å². The van der Waals surface area contributed by atoms with E-state index in [2.05, 4.69) is 9.72 Å². The predicted octanol–water partition coefficient (Wildman–Crippen LogP) is 3.83. The summed E-state index contributed by atoms with van der Waals surface area (Å²) in [6, 6.07) is 10.1. The lowest BCUT2D eigenvalue weighted by Gasteiger charge is -2.16. The second-order valence-corrected chi connectivity index (χ2v) is 5.53. The fraction of sp³-hybridized carbons (Fsp3) is 0.278. The molecule has 0 unspecified atom stereocenters. The number of aryl methyl sites for hydroxylation is 1. The van der Waals surface area contributed by atoms with Gasteiger partial charge in [0.1, 0.15) is 12.1 Å². The smallest absolute Gasteiger partial charge is 0.244 e. The number of amides is 1. The van der Waals surface area contributed by atoms with Crippen molar-refractivity contribution < 1.29 is 18.2 Å². The minimum absolute atomic E-state index is 0.0122. The quantitative estimate of drug-likeness (QED) is 0.576. The highest BCUT2D eigenvalue weighted by atomic mass is 32.2. The third-order valence-electron chi connectivity index (χ3n) is 3.24. The Bertz CT molecular complexity index is 683. The molecule has 2 aromatic rings. The van der Waals surface area contributed by atoms with Gasteiger partial charge in [-0.2, -0.15) is 0 Å². The van der Waals surface area contributed by atoms with E-state index >= 15 is 0 Å². The van der Waals surface area contributed by atoms with E-state index in [1.165, 1.54) is 6.20 Å². The van der Waals surface area contributed by atoms with E-state index in [4.69, 9.17) is 0 Å². The lowest BCUT2D eigenvalue weighted by Crippen LogP contribution is -2.25. The SMILES string of the molecule is CCc1ccc(C=O)cc1CC(=O)N(SF)c1ccccn1.COC. The molecule has 2 rings (SSSR count). The van der Waals surface area contributed by atoms with Crippen LogP contribution in [0.2, 0.25) is 0 Å². The molecule has 0 radical (unpaired) electrons. The standard InChI is InChI=1S/C16H15FN2O2S.C2H6O/c1-2-13-7-6-12(11-20)9-14(13)10-16(21)19(22-17)15-5-3-4-8-18-15;1-3-2/h3-9,11H,2,10H2,1H3;1-2H3. The average Bonchev–Trinajstić information content (AvgIpc) is 2.64. The van der Waals surface area contributed by atoms with E-state index in [0.717, 1.165) is 28.1 Å². The van der Waals surface area contributed by atoms with Gasteiger partial charge in [-0.05, 0) is 35.7 Å². The second-order valence-electron chi connectivity index (χ2n) is 5.03. The van der Waals surface area contributed by atoms with Gasteiger partial charge in [0.25, 0.3) is 0 Å². The molecule has 7 heteroatoms. The van der Waals surface area contributed by atoms with E-state index in [1.54, 1.807) is 44.6 Å². The summed E-state index contributed by atoms with van der Waals surface area (Å²) < 4.78 is 18.3. The number of nitrogens with zero attached hydrogens (tertiary/aromatic N) is 2. The molecule has 1 heterocycles. The Morgan fingerprint density at radius 2 is 2.00 bits per heavy atom. The largest absolute Gasteiger partial charge is 0.388 e. The Morgan fingerprint density at radius 1 is 1.28 bits per heavy atom. The van der Waals surface area contributed by atoms with Gasteiger partial charge in [-0.15, -0.1) is 3.89 Å². The first-order valence-electron chi connectivity index (χ1n) is 7.61. The summed E-state index contributed by atoms with van der Waals surface area (Å²) in [6.45, 7) is 1.96. The van der Waals surface area contributed by atoms with Gasteiger partial charge in [0.2, 0.25) is 5.91 Å². The monoisotopic (exact) mass is 364 g/mol. The van der Waals surface area contributed by atoms with Crippen molar-refractivity contribution in [2.45, 2.75) is 19.8 Å². The Balaban J connectivity index is 0.000000970. The van der Waals surface area contributed by atoms with Crippen molar-refractivity contribution in [1.82, 2.24) is 4.98 Å². The van der Waals surface area contributed by atoms with Crippen LogP contribution in [0.4, 0.5) is 9.70 Å². The molecule has 5 nitrogen and oxygen atoms in total. The molecule has 0 aliphatic rings. The van der Waals surface area contributed by atoms with Gasteiger partial charge in [0, 0.05) is 26.0 Å². The molecule has 0 saturated heterocycles. The summed E-state index contributed by atoms with van der Waals surface area (Å²) in [5.74, 6) is -0.187. The second kappa shape index (κ2) is 11.3. The van der Waals surface area contributed by atoms with Gasteiger partial charge < -0.3 is 4.74 Å². The Morgan fingerprint density at radius 3 is 2.52 bits per heavy atom. The summed E-state index contributed by atoms with van der Waals surface area (Å²) in [6.07, 6.45) is 2.97. The van der Waals surface area contributed by atoms with Gasteiger partial charge in [-0.25, -0.2) is 9.29 Å². The molecule has 0 aliphatic carbocycles. The molecule has 0 N–H and O–H groups in total. The Kier molecular flexibility index (Phi) is 9.42. The van der Waals surface area contributed by atoms with E-state index in [9.17, 15) is 13.5 Å². The topological polar surface area (TPSA) is 59.5 Å². The molecule has 134 valence electrons. The van der Waals surface area contributed by atoms with Crippen LogP contribution in [0, 0.1) is 0 Å². The molecule has 0 bridgehead atoms. The molecule has 25 heavy (non-hydrogen) atoms. The molecule has 0 atom stereocenters. The molecule has 0 saturated carbocycles. The molecule has 1 aromatic heterocycles. The van der Waals surface area contributed by atoms with Crippen molar-refractivity contribution in [3.63, 3.8) is 0 Å². The van der Waals surface area contributed by atoms with Gasteiger partial charge in [0.15, 0.2) is 12.3 Å². The Labute approximate surface area is 151 Å². The fourth-order valence-electron chi connectivity index (χ4n) is 2.14. The molecule has 1 amide bonds. The third kappa shape index (κ3) is 6.28. The molecule has 0 aliphatic heterocycles. The summed E-state index contributed by atoms with van der Waals surface area (Å²) in [7, 11) is 3.25. The number of aldehydes is 1. The third-order valence-corrected chi connectivity index (χ3v) is 3.77. The lowest BCUT2D eigenvalue weighted by atomic mass is 9.99. The maximum absolute atomic E-state index is 13.1. The predicted molar refractivity (Wildman–Crippen MR) is 98.3 cm³/mol. The number of halogens is 1. The van der Waals surface area contributed by atoms with Gasteiger partial charge in [-0.1, -0.05) is 25.1 Å².